The molecule has 2 N–H and O–H groups in total. The van der Waals surface area contributed by atoms with Crippen molar-refractivity contribution in [3.63, 3.8) is 0 Å². The van der Waals surface area contributed by atoms with Gasteiger partial charge in [0.15, 0.2) is 0 Å². The minimum atomic E-state index is -0.941. The summed E-state index contributed by atoms with van der Waals surface area (Å²) in [5, 5.41) is 12.3. The molecule has 6 heteroatoms. The molecule has 0 aliphatic rings. The van der Waals surface area contributed by atoms with Gasteiger partial charge < -0.3 is 19.9 Å². The van der Waals surface area contributed by atoms with Crippen LogP contribution in [-0.4, -0.2) is 37.2 Å². The van der Waals surface area contributed by atoms with Crippen molar-refractivity contribution in [1.29, 1.82) is 0 Å². The maximum Gasteiger partial charge on any atom is 0.308 e. The number of amides is 1. The summed E-state index contributed by atoms with van der Waals surface area (Å²) in [5.74, 6) is -0.849. The molecule has 6 nitrogen and oxygen atoms in total. The molecule has 1 amide bonds. The van der Waals surface area contributed by atoms with Gasteiger partial charge in [0.1, 0.15) is 11.5 Å². The number of ether oxygens (including phenoxy) is 2. The predicted molar refractivity (Wildman–Crippen MR) is 107 cm³/mol. The number of carboxylic acids is 1. The fourth-order valence-corrected chi connectivity index (χ4v) is 2.86. The highest BCUT2D eigenvalue weighted by Gasteiger charge is 2.22. The summed E-state index contributed by atoms with van der Waals surface area (Å²) in [6.07, 6.45) is 0.329. The molecule has 0 radical (unpaired) electrons. The van der Waals surface area contributed by atoms with E-state index in [0.29, 0.717) is 18.8 Å². The van der Waals surface area contributed by atoms with Gasteiger partial charge in [-0.25, -0.2) is 0 Å². The summed E-state index contributed by atoms with van der Waals surface area (Å²) in [6.45, 7) is 4.33. The molecule has 28 heavy (non-hydrogen) atoms. The zero-order valence-corrected chi connectivity index (χ0v) is 16.5. The second-order valence-corrected chi connectivity index (χ2v) is 6.56. The van der Waals surface area contributed by atoms with Gasteiger partial charge in [0.2, 0.25) is 5.91 Å². The van der Waals surface area contributed by atoms with E-state index in [-0.39, 0.29) is 12.5 Å². The Labute approximate surface area is 165 Å². The maximum atomic E-state index is 12.5. The quantitative estimate of drug-likeness (QED) is 0.656. The second kappa shape index (κ2) is 10.3. The summed E-state index contributed by atoms with van der Waals surface area (Å²) in [7, 11) is 1.57. The number of hydrogen-bond donors (Lipinski definition) is 2. The summed E-state index contributed by atoms with van der Waals surface area (Å²) in [6, 6.07) is 14.6. The first-order valence-electron chi connectivity index (χ1n) is 9.30. The maximum absolute atomic E-state index is 12.5. The zero-order chi connectivity index (χ0) is 20.5. The molecule has 150 valence electrons. The van der Waals surface area contributed by atoms with Gasteiger partial charge in [0.25, 0.3) is 0 Å². The van der Waals surface area contributed by atoms with Gasteiger partial charge in [0, 0.05) is 6.54 Å². The Morgan fingerprint density at radius 3 is 2.43 bits per heavy atom. The van der Waals surface area contributed by atoms with Crippen LogP contribution in [0.3, 0.4) is 0 Å². The Hall–Kier alpha value is -3.02. The van der Waals surface area contributed by atoms with Gasteiger partial charge in [0.05, 0.1) is 25.6 Å². The highest BCUT2D eigenvalue weighted by atomic mass is 16.5. The summed E-state index contributed by atoms with van der Waals surface area (Å²) in [4.78, 5) is 24.1. The van der Waals surface area contributed by atoms with Crippen molar-refractivity contribution in [2.45, 2.75) is 26.2 Å². The van der Waals surface area contributed by atoms with Crippen LogP contribution in [0.2, 0.25) is 0 Å². The average Bonchev–Trinajstić information content (AvgIpc) is 2.71. The smallest absolute Gasteiger partial charge is 0.308 e. The number of nitrogens with one attached hydrogen (secondary N) is 1. The molecule has 0 spiro atoms. The standard InChI is InChI=1S/C22H27NO5/c1-4-28-19-10-8-16(9-11-19)12-18(22(25)26)14-23-21(24)15(2)17-6-5-7-20(13-17)27-3/h5-11,13,15,18H,4,12,14H2,1-3H3,(H,23,24)(H,25,26). The van der Waals surface area contributed by atoms with Crippen molar-refractivity contribution in [1.82, 2.24) is 5.32 Å². The highest BCUT2D eigenvalue weighted by molar-refractivity contribution is 5.84. The van der Waals surface area contributed by atoms with Crippen LogP contribution in [0.4, 0.5) is 0 Å². The Morgan fingerprint density at radius 2 is 1.82 bits per heavy atom. The summed E-state index contributed by atoms with van der Waals surface area (Å²) < 4.78 is 10.6. The number of aliphatic carboxylic acids is 1. The molecule has 2 aromatic carbocycles. The Kier molecular flexibility index (Phi) is 7.87. The summed E-state index contributed by atoms with van der Waals surface area (Å²) >= 11 is 0. The first-order valence-corrected chi connectivity index (χ1v) is 9.30. The molecule has 0 aliphatic carbocycles. The number of methoxy groups -OCH3 is 1. The third kappa shape index (κ3) is 6.01. The van der Waals surface area contributed by atoms with E-state index in [1.165, 1.54) is 0 Å². The lowest BCUT2D eigenvalue weighted by Crippen LogP contribution is -2.36. The van der Waals surface area contributed by atoms with Crippen molar-refractivity contribution in [2.24, 2.45) is 5.92 Å². The van der Waals surface area contributed by atoms with Crippen molar-refractivity contribution < 1.29 is 24.2 Å². The number of carbonyl (C=O) groups excluding carboxylic acids is 1. The lowest BCUT2D eigenvalue weighted by molar-refractivity contribution is -0.141. The van der Waals surface area contributed by atoms with Crippen LogP contribution in [0.5, 0.6) is 11.5 Å². The molecule has 0 saturated carbocycles. The van der Waals surface area contributed by atoms with Gasteiger partial charge in [-0.2, -0.15) is 0 Å². The first kappa shape index (κ1) is 21.3. The molecular weight excluding hydrogens is 358 g/mol. The minimum Gasteiger partial charge on any atom is -0.497 e. The fraction of sp³-hybridized carbons (Fsp3) is 0.364. The van der Waals surface area contributed by atoms with E-state index in [4.69, 9.17) is 9.47 Å². The van der Waals surface area contributed by atoms with Gasteiger partial charge in [-0.1, -0.05) is 24.3 Å². The number of carbonyl (C=O) groups is 2. The predicted octanol–water partition coefficient (Wildman–Crippen LogP) is 3.26. The monoisotopic (exact) mass is 385 g/mol. The fourth-order valence-electron chi connectivity index (χ4n) is 2.86. The summed E-state index contributed by atoms with van der Waals surface area (Å²) in [5.41, 5.74) is 1.70. The van der Waals surface area contributed by atoms with E-state index in [1.807, 2.05) is 49.4 Å². The Balaban J connectivity index is 1.96. The third-order valence-corrected chi connectivity index (χ3v) is 4.58. The molecule has 0 heterocycles. The molecule has 2 atom stereocenters. The van der Waals surface area contributed by atoms with Gasteiger partial charge >= 0.3 is 5.97 Å². The number of rotatable bonds is 10. The zero-order valence-electron chi connectivity index (χ0n) is 16.5. The van der Waals surface area contributed by atoms with Crippen molar-refractivity contribution in [3.05, 3.63) is 59.7 Å². The minimum absolute atomic E-state index is 0.0652. The molecular formula is C22H27NO5. The molecule has 0 fully saturated rings. The van der Waals surface area contributed by atoms with Crippen LogP contribution in [0.1, 0.15) is 30.9 Å². The lowest BCUT2D eigenvalue weighted by Gasteiger charge is -2.17. The largest absolute Gasteiger partial charge is 0.497 e. The van der Waals surface area contributed by atoms with E-state index in [0.717, 1.165) is 16.9 Å². The Bertz CT molecular complexity index is 788. The molecule has 0 bridgehead atoms. The average molecular weight is 385 g/mol. The van der Waals surface area contributed by atoms with Crippen LogP contribution >= 0.6 is 0 Å². The van der Waals surface area contributed by atoms with Crippen LogP contribution in [-0.2, 0) is 16.0 Å². The van der Waals surface area contributed by atoms with E-state index >= 15 is 0 Å². The second-order valence-electron chi connectivity index (χ2n) is 6.56. The molecule has 0 aromatic heterocycles. The Morgan fingerprint density at radius 1 is 1.11 bits per heavy atom. The number of benzene rings is 2. The molecule has 2 aromatic rings. The molecule has 0 aliphatic heterocycles. The van der Waals surface area contributed by atoms with Crippen molar-refractivity contribution in [3.8, 4) is 11.5 Å². The van der Waals surface area contributed by atoms with Crippen LogP contribution in [0.25, 0.3) is 0 Å². The van der Waals surface area contributed by atoms with E-state index in [9.17, 15) is 14.7 Å². The third-order valence-electron chi connectivity index (χ3n) is 4.58. The topological polar surface area (TPSA) is 84.9 Å². The van der Waals surface area contributed by atoms with Crippen molar-refractivity contribution >= 4 is 11.9 Å². The number of hydrogen-bond acceptors (Lipinski definition) is 4. The van der Waals surface area contributed by atoms with Crippen molar-refractivity contribution in [2.75, 3.05) is 20.3 Å². The number of carboxylic acid groups (broad SMARTS) is 1. The normalized spacial score (nSPS) is 12.7. The lowest BCUT2D eigenvalue weighted by atomic mass is 9.97. The van der Waals surface area contributed by atoms with Gasteiger partial charge in [-0.05, 0) is 55.7 Å². The molecule has 2 unspecified atom stereocenters. The van der Waals surface area contributed by atoms with Crippen LogP contribution in [0, 0.1) is 5.92 Å². The van der Waals surface area contributed by atoms with Gasteiger partial charge in [-0.15, -0.1) is 0 Å². The SMILES string of the molecule is CCOc1ccc(CC(CNC(=O)C(C)c2cccc(OC)c2)C(=O)O)cc1. The highest BCUT2D eigenvalue weighted by Crippen LogP contribution is 2.21. The molecule has 2 rings (SSSR count). The molecule has 0 saturated heterocycles. The van der Waals surface area contributed by atoms with Crippen LogP contribution < -0.4 is 14.8 Å². The van der Waals surface area contributed by atoms with E-state index < -0.39 is 17.8 Å². The van der Waals surface area contributed by atoms with Crippen LogP contribution in [0.15, 0.2) is 48.5 Å². The van der Waals surface area contributed by atoms with Gasteiger partial charge in [-0.3, -0.25) is 9.59 Å². The van der Waals surface area contributed by atoms with E-state index in [2.05, 4.69) is 5.32 Å². The van der Waals surface area contributed by atoms with E-state index in [1.54, 1.807) is 20.1 Å². The first-order chi connectivity index (χ1) is 13.4.